The molecule has 0 aromatic heterocycles. The van der Waals surface area contributed by atoms with E-state index >= 15 is 0 Å². The second-order valence-electron chi connectivity index (χ2n) is 5.52. The largest absolute Gasteiger partial charge is 0.348 e. The van der Waals surface area contributed by atoms with Crippen molar-refractivity contribution in [3.05, 3.63) is 35.9 Å². The third-order valence-electron chi connectivity index (χ3n) is 3.96. The molecule has 1 fully saturated rings. The lowest BCUT2D eigenvalue weighted by Gasteiger charge is -2.24. The Kier molecular flexibility index (Phi) is 7.72. The Balaban J connectivity index is 0.00000220. The molecule has 0 aliphatic carbocycles. The summed E-state index contributed by atoms with van der Waals surface area (Å²) in [5.41, 5.74) is 1.15. The van der Waals surface area contributed by atoms with Gasteiger partial charge in [-0.1, -0.05) is 30.3 Å². The highest BCUT2D eigenvalue weighted by molar-refractivity contribution is 5.85. The molecule has 1 aromatic carbocycles. The van der Waals surface area contributed by atoms with Crippen molar-refractivity contribution in [2.24, 2.45) is 0 Å². The minimum atomic E-state index is 0. The first kappa shape index (κ1) is 18.0. The first-order valence-electron chi connectivity index (χ1n) is 7.43. The molecule has 0 saturated carbocycles. The van der Waals surface area contributed by atoms with Crippen LogP contribution in [0, 0.1) is 0 Å². The van der Waals surface area contributed by atoms with Crippen LogP contribution in [0.1, 0.15) is 31.4 Å². The Bertz CT molecular complexity index is 427. The van der Waals surface area contributed by atoms with E-state index in [9.17, 15) is 4.79 Å². The molecule has 5 heteroatoms. The van der Waals surface area contributed by atoms with Crippen molar-refractivity contribution in [3.8, 4) is 0 Å². The Labute approximate surface area is 133 Å². The number of benzene rings is 1. The molecule has 118 valence electrons. The number of carbonyl (C=O) groups excluding carboxylic acids is 1. The van der Waals surface area contributed by atoms with E-state index in [2.05, 4.69) is 15.5 Å². The van der Waals surface area contributed by atoms with Gasteiger partial charge in [-0.2, -0.15) is 0 Å². The summed E-state index contributed by atoms with van der Waals surface area (Å²) >= 11 is 0. The van der Waals surface area contributed by atoms with Crippen LogP contribution in [-0.2, 0) is 4.79 Å². The van der Waals surface area contributed by atoms with Gasteiger partial charge in [-0.15, -0.1) is 12.4 Å². The van der Waals surface area contributed by atoms with Crippen molar-refractivity contribution < 1.29 is 4.79 Å². The molecular formula is C16H26ClN3O. The number of likely N-dealkylation sites (N-methyl/N-ethyl adjacent to an activating group) is 1. The van der Waals surface area contributed by atoms with E-state index in [1.807, 2.05) is 44.3 Å². The summed E-state index contributed by atoms with van der Waals surface area (Å²) in [4.78, 5) is 14.4. The smallest absolute Gasteiger partial charge is 0.234 e. The molecule has 2 rings (SSSR count). The van der Waals surface area contributed by atoms with Crippen molar-refractivity contribution in [1.29, 1.82) is 0 Å². The van der Waals surface area contributed by atoms with Gasteiger partial charge in [0.25, 0.3) is 0 Å². The predicted molar refractivity (Wildman–Crippen MR) is 88.8 cm³/mol. The summed E-state index contributed by atoms with van der Waals surface area (Å²) in [6.07, 6.45) is 2.37. The van der Waals surface area contributed by atoms with Gasteiger partial charge >= 0.3 is 0 Å². The fourth-order valence-corrected chi connectivity index (χ4v) is 2.87. The molecule has 4 nitrogen and oxygen atoms in total. The molecular weight excluding hydrogens is 286 g/mol. The Morgan fingerprint density at radius 1 is 1.38 bits per heavy atom. The molecule has 1 aliphatic rings. The second kappa shape index (κ2) is 9.03. The molecule has 1 heterocycles. The van der Waals surface area contributed by atoms with E-state index in [4.69, 9.17) is 0 Å². The monoisotopic (exact) mass is 311 g/mol. The number of nitrogens with one attached hydrogen (secondary N) is 2. The lowest BCUT2D eigenvalue weighted by Crippen LogP contribution is -2.43. The zero-order chi connectivity index (χ0) is 14.4. The maximum Gasteiger partial charge on any atom is 0.234 e. The Hall–Kier alpha value is -1.10. The van der Waals surface area contributed by atoms with E-state index in [1.54, 1.807) is 0 Å². The fraction of sp³-hybridized carbons (Fsp3) is 0.562. The van der Waals surface area contributed by atoms with Gasteiger partial charge in [0.1, 0.15) is 0 Å². The minimum Gasteiger partial charge on any atom is -0.348 e. The van der Waals surface area contributed by atoms with E-state index in [1.165, 1.54) is 12.8 Å². The highest BCUT2D eigenvalue weighted by Gasteiger charge is 2.25. The molecule has 1 aromatic rings. The summed E-state index contributed by atoms with van der Waals surface area (Å²) in [5.74, 6) is 0.115. The molecule has 2 atom stereocenters. The zero-order valence-electron chi connectivity index (χ0n) is 12.8. The molecule has 0 radical (unpaired) electrons. The van der Waals surface area contributed by atoms with Gasteiger partial charge in [0.2, 0.25) is 5.91 Å². The number of amides is 1. The van der Waals surface area contributed by atoms with Crippen LogP contribution in [0.5, 0.6) is 0 Å². The molecule has 1 aliphatic heterocycles. The van der Waals surface area contributed by atoms with Crippen LogP contribution in [0.15, 0.2) is 30.3 Å². The molecule has 2 unspecified atom stereocenters. The second-order valence-corrected chi connectivity index (χ2v) is 5.52. The van der Waals surface area contributed by atoms with Crippen LogP contribution in [0.4, 0.5) is 0 Å². The van der Waals surface area contributed by atoms with Crippen LogP contribution >= 0.6 is 12.4 Å². The number of halogens is 1. The van der Waals surface area contributed by atoms with Gasteiger partial charge < -0.3 is 10.6 Å². The third-order valence-corrected chi connectivity index (χ3v) is 3.96. The van der Waals surface area contributed by atoms with Crippen LogP contribution in [0.25, 0.3) is 0 Å². The maximum absolute atomic E-state index is 12.2. The lowest BCUT2D eigenvalue weighted by atomic mass is 10.1. The summed E-state index contributed by atoms with van der Waals surface area (Å²) < 4.78 is 0. The molecule has 0 spiro atoms. The van der Waals surface area contributed by atoms with Crippen molar-refractivity contribution >= 4 is 18.3 Å². The number of nitrogens with zero attached hydrogens (tertiary/aromatic N) is 1. The van der Waals surface area contributed by atoms with Gasteiger partial charge in [0.15, 0.2) is 0 Å². The SMILES string of the molecule is CNCC1CCCN1CC(=O)NC(C)c1ccccc1.Cl. The van der Waals surface area contributed by atoms with Crippen LogP contribution in [-0.4, -0.2) is 43.5 Å². The Morgan fingerprint density at radius 2 is 2.10 bits per heavy atom. The standard InChI is InChI=1S/C16H25N3O.ClH/c1-13(14-7-4-3-5-8-14)18-16(20)12-19-10-6-9-15(19)11-17-2;/h3-5,7-8,13,15,17H,6,9-12H2,1-2H3,(H,18,20);1H. The average Bonchev–Trinajstić information content (AvgIpc) is 2.87. The zero-order valence-corrected chi connectivity index (χ0v) is 13.7. The predicted octanol–water partition coefficient (Wildman–Crippen LogP) is 1.97. The van der Waals surface area contributed by atoms with Gasteiger partial charge in [-0.25, -0.2) is 0 Å². The number of hydrogen-bond donors (Lipinski definition) is 2. The quantitative estimate of drug-likeness (QED) is 0.844. The van der Waals surface area contributed by atoms with Crippen molar-refractivity contribution in [3.63, 3.8) is 0 Å². The summed E-state index contributed by atoms with van der Waals surface area (Å²) in [5, 5.41) is 6.29. The normalized spacial score (nSPS) is 19.8. The van der Waals surface area contributed by atoms with Gasteiger partial charge in [0, 0.05) is 12.6 Å². The van der Waals surface area contributed by atoms with Crippen molar-refractivity contribution in [2.45, 2.75) is 31.8 Å². The summed E-state index contributed by atoms with van der Waals surface area (Å²) in [7, 11) is 1.97. The fourth-order valence-electron chi connectivity index (χ4n) is 2.87. The van der Waals surface area contributed by atoms with E-state index in [0.29, 0.717) is 12.6 Å². The first-order chi connectivity index (χ1) is 9.70. The summed E-state index contributed by atoms with van der Waals surface area (Å²) in [6.45, 7) is 4.52. The molecule has 2 N–H and O–H groups in total. The number of likely N-dealkylation sites (tertiary alicyclic amines) is 1. The van der Waals surface area contributed by atoms with Crippen LogP contribution < -0.4 is 10.6 Å². The van der Waals surface area contributed by atoms with Crippen LogP contribution in [0.2, 0.25) is 0 Å². The number of carbonyl (C=O) groups is 1. The van der Waals surface area contributed by atoms with E-state index < -0.39 is 0 Å². The first-order valence-corrected chi connectivity index (χ1v) is 7.43. The maximum atomic E-state index is 12.2. The van der Waals surface area contributed by atoms with Crippen molar-refractivity contribution in [1.82, 2.24) is 15.5 Å². The van der Waals surface area contributed by atoms with Gasteiger partial charge in [0.05, 0.1) is 12.6 Å². The van der Waals surface area contributed by atoms with Gasteiger partial charge in [-0.3, -0.25) is 9.69 Å². The minimum absolute atomic E-state index is 0. The molecule has 1 amide bonds. The highest BCUT2D eigenvalue weighted by atomic mass is 35.5. The van der Waals surface area contributed by atoms with Crippen LogP contribution in [0.3, 0.4) is 0 Å². The van der Waals surface area contributed by atoms with E-state index in [0.717, 1.165) is 18.7 Å². The number of rotatable bonds is 6. The Morgan fingerprint density at radius 3 is 2.76 bits per heavy atom. The summed E-state index contributed by atoms with van der Waals surface area (Å²) in [6, 6.07) is 10.6. The lowest BCUT2D eigenvalue weighted by molar-refractivity contribution is -0.123. The molecule has 0 bridgehead atoms. The van der Waals surface area contributed by atoms with E-state index in [-0.39, 0.29) is 24.4 Å². The van der Waals surface area contributed by atoms with Gasteiger partial charge in [-0.05, 0) is 38.9 Å². The topological polar surface area (TPSA) is 44.4 Å². The number of hydrogen-bond acceptors (Lipinski definition) is 3. The van der Waals surface area contributed by atoms with Crippen molar-refractivity contribution in [2.75, 3.05) is 26.7 Å². The average molecular weight is 312 g/mol. The highest BCUT2D eigenvalue weighted by Crippen LogP contribution is 2.16. The molecule has 1 saturated heterocycles. The molecule has 21 heavy (non-hydrogen) atoms. The third kappa shape index (κ3) is 5.30.